The van der Waals surface area contributed by atoms with Crippen LogP contribution in [0, 0.1) is 0 Å². The number of aryl methyl sites for hydroxylation is 1. The van der Waals surface area contributed by atoms with Crippen molar-refractivity contribution in [1.82, 2.24) is 14.7 Å². The van der Waals surface area contributed by atoms with Crippen LogP contribution in [0.1, 0.15) is 30.9 Å². The molecule has 1 amide bonds. The Hall–Kier alpha value is -2.73. The topological polar surface area (TPSA) is 55.2 Å². The van der Waals surface area contributed by atoms with Gasteiger partial charge in [-0.2, -0.15) is 5.10 Å². The van der Waals surface area contributed by atoms with E-state index in [1.54, 1.807) is 28.2 Å². The van der Waals surface area contributed by atoms with Gasteiger partial charge in [-0.1, -0.05) is 36.4 Å². The molecule has 0 unspecified atom stereocenters. The SMILES string of the molecule is O=C(CCc1ccccc1)N1CCC[C@H](n2nc(-c3cccs3)ccc2=O)C1. The number of hydrogen-bond acceptors (Lipinski definition) is 4. The molecule has 2 aromatic heterocycles. The van der Waals surface area contributed by atoms with E-state index in [0.29, 0.717) is 13.0 Å². The molecule has 0 N–H and O–H groups in total. The number of piperidine rings is 1. The van der Waals surface area contributed by atoms with Crippen LogP contribution in [0.25, 0.3) is 10.6 Å². The highest BCUT2D eigenvalue weighted by molar-refractivity contribution is 7.13. The third-order valence-corrected chi connectivity index (χ3v) is 6.06. The Morgan fingerprint density at radius 1 is 1.11 bits per heavy atom. The van der Waals surface area contributed by atoms with Crippen LogP contribution < -0.4 is 5.56 Å². The summed E-state index contributed by atoms with van der Waals surface area (Å²) in [5.74, 6) is 0.149. The smallest absolute Gasteiger partial charge is 0.267 e. The number of carbonyl (C=O) groups excluding carboxylic acids is 1. The first-order chi connectivity index (χ1) is 13.7. The summed E-state index contributed by atoms with van der Waals surface area (Å²) in [5, 5.41) is 6.60. The number of likely N-dealkylation sites (tertiary alicyclic amines) is 1. The molecule has 1 saturated heterocycles. The van der Waals surface area contributed by atoms with Gasteiger partial charge in [-0.25, -0.2) is 4.68 Å². The Balaban J connectivity index is 1.45. The van der Waals surface area contributed by atoms with Crippen LogP contribution in [0.2, 0.25) is 0 Å². The van der Waals surface area contributed by atoms with Crippen molar-refractivity contribution < 1.29 is 4.79 Å². The number of carbonyl (C=O) groups is 1. The van der Waals surface area contributed by atoms with Crippen LogP contribution in [-0.2, 0) is 11.2 Å². The van der Waals surface area contributed by atoms with Crippen molar-refractivity contribution in [2.75, 3.05) is 13.1 Å². The van der Waals surface area contributed by atoms with Crippen molar-refractivity contribution in [3.63, 3.8) is 0 Å². The molecule has 3 aromatic rings. The minimum atomic E-state index is -0.108. The lowest BCUT2D eigenvalue weighted by molar-refractivity contribution is -0.132. The standard InChI is InChI=1S/C22H23N3O2S/c26-21(12-10-17-6-2-1-3-7-17)24-14-4-8-18(16-24)25-22(27)13-11-19(23-25)20-9-5-15-28-20/h1-3,5-7,9,11,13,15,18H,4,8,10,12,14,16H2/t18-/m0/s1. The van der Waals surface area contributed by atoms with Gasteiger partial charge in [-0.05, 0) is 42.3 Å². The van der Waals surface area contributed by atoms with E-state index in [1.165, 1.54) is 5.56 Å². The first-order valence-corrected chi connectivity index (χ1v) is 10.5. The zero-order chi connectivity index (χ0) is 19.3. The minimum absolute atomic E-state index is 0.0677. The molecule has 0 saturated carbocycles. The Morgan fingerprint density at radius 2 is 1.96 bits per heavy atom. The van der Waals surface area contributed by atoms with E-state index >= 15 is 0 Å². The van der Waals surface area contributed by atoms with Crippen LogP contribution in [0.3, 0.4) is 0 Å². The summed E-state index contributed by atoms with van der Waals surface area (Å²) in [4.78, 5) is 28.1. The van der Waals surface area contributed by atoms with E-state index in [1.807, 2.05) is 52.7 Å². The third kappa shape index (κ3) is 4.22. The molecule has 1 atom stereocenters. The molecule has 1 aliphatic heterocycles. The highest BCUT2D eigenvalue weighted by Gasteiger charge is 2.26. The predicted molar refractivity (Wildman–Crippen MR) is 111 cm³/mol. The molecule has 3 heterocycles. The van der Waals surface area contributed by atoms with E-state index in [4.69, 9.17) is 0 Å². The summed E-state index contributed by atoms with van der Waals surface area (Å²) >= 11 is 1.60. The average Bonchev–Trinajstić information content (AvgIpc) is 3.28. The van der Waals surface area contributed by atoms with Gasteiger partial charge in [0.15, 0.2) is 0 Å². The maximum Gasteiger partial charge on any atom is 0.267 e. The molecular formula is C22H23N3O2S. The van der Waals surface area contributed by atoms with Gasteiger partial charge in [0.25, 0.3) is 5.56 Å². The number of benzene rings is 1. The van der Waals surface area contributed by atoms with Gasteiger partial charge in [0, 0.05) is 25.6 Å². The summed E-state index contributed by atoms with van der Waals surface area (Å²) in [7, 11) is 0. The van der Waals surface area contributed by atoms with Gasteiger partial charge in [-0.15, -0.1) is 11.3 Å². The predicted octanol–water partition coefficient (Wildman–Crippen LogP) is 3.77. The molecule has 0 bridgehead atoms. The fourth-order valence-electron chi connectivity index (χ4n) is 3.68. The normalized spacial score (nSPS) is 16.9. The molecule has 0 aliphatic carbocycles. The van der Waals surface area contributed by atoms with Crippen molar-refractivity contribution >= 4 is 17.2 Å². The fraction of sp³-hybridized carbons (Fsp3) is 0.318. The quantitative estimate of drug-likeness (QED) is 0.663. The second kappa shape index (κ2) is 8.52. The summed E-state index contributed by atoms with van der Waals surface area (Å²) in [6.07, 6.45) is 2.99. The fourth-order valence-corrected chi connectivity index (χ4v) is 4.37. The summed E-state index contributed by atoms with van der Waals surface area (Å²) in [6.45, 7) is 1.30. The van der Waals surface area contributed by atoms with Crippen molar-refractivity contribution in [3.8, 4) is 10.6 Å². The molecule has 28 heavy (non-hydrogen) atoms. The largest absolute Gasteiger partial charge is 0.341 e. The highest BCUT2D eigenvalue weighted by Crippen LogP contribution is 2.24. The maximum atomic E-state index is 12.7. The molecule has 0 radical (unpaired) electrons. The molecule has 0 spiro atoms. The number of hydrogen-bond donors (Lipinski definition) is 0. The van der Waals surface area contributed by atoms with E-state index in [0.717, 1.165) is 36.4 Å². The van der Waals surface area contributed by atoms with E-state index in [2.05, 4.69) is 5.10 Å². The van der Waals surface area contributed by atoms with Gasteiger partial charge in [-0.3, -0.25) is 9.59 Å². The minimum Gasteiger partial charge on any atom is -0.341 e. The molecule has 1 fully saturated rings. The van der Waals surface area contributed by atoms with Crippen LogP contribution in [0.4, 0.5) is 0 Å². The van der Waals surface area contributed by atoms with Crippen molar-refractivity contribution in [1.29, 1.82) is 0 Å². The van der Waals surface area contributed by atoms with E-state index in [-0.39, 0.29) is 17.5 Å². The van der Waals surface area contributed by atoms with Crippen LogP contribution in [0.15, 0.2) is 64.8 Å². The zero-order valence-corrected chi connectivity index (χ0v) is 16.5. The van der Waals surface area contributed by atoms with E-state index in [9.17, 15) is 9.59 Å². The zero-order valence-electron chi connectivity index (χ0n) is 15.7. The second-order valence-corrected chi connectivity index (χ2v) is 8.05. The number of amides is 1. The van der Waals surface area contributed by atoms with Gasteiger partial charge in [0.05, 0.1) is 10.9 Å². The second-order valence-electron chi connectivity index (χ2n) is 7.10. The first-order valence-electron chi connectivity index (χ1n) is 9.66. The average molecular weight is 394 g/mol. The Morgan fingerprint density at radius 3 is 2.75 bits per heavy atom. The van der Waals surface area contributed by atoms with Gasteiger partial charge >= 0.3 is 0 Å². The van der Waals surface area contributed by atoms with Gasteiger partial charge in [0.1, 0.15) is 5.69 Å². The lowest BCUT2D eigenvalue weighted by Crippen LogP contribution is -2.43. The molecule has 144 valence electrons. The lowest BCUT2D eigenvalue weighted by atomic mass is 10.0. The highest BCUT2D eigenvalue weighted by atomic mass is 32.1. The number of nitrogens with zero attached hydrogens (tertiary/aromatic N) is 3. The number of rotatable bonds is 5. The molecule has 4 rings (SSSR count). The number of aromatic nitrogens is 2. The van der Waals surface area contributed by atoms with Crippen LogP contribution >= 0.6 is 11.3 Å². The van der Waals surface area contributed by atoms with Gasteiger partial charge < -0.3 is 4.90 Å². The number of thiophene rings is 1. The molecule has 6 heteroatoms. The lowest BCUT2D eigenvalue weighted by Gasteiger charge is -2.33. The molecule has 5 nitrogen and oxygen atoms in total. The Bertz CT molecular complexity index is 983. The first kappa shape index (κ1) is 18.6. The van der Waals surface area contributed by atoms with Crippen molar-refractivity contribution in [3.05, 3.63) is 75.9 Å². The monoisotopic (exact) mass is 393 g/mol. The summed E-state index contributed by atoms with van der Waals surface area (Å²) in [5.41, 5.74) is 1.87. The Kier molecular flexibility index (Phi) is 5.67. The maximum absolute atomic E-state index is 12.7. The summed E-state index contributed by atoms with van der Waals surface area (Å²) in [6, 6.07) is 17.3. The van der Waals surface area contributed by atoms with Crippen LogP contribution in [-0.4, -0.2) is 33.7 Å². The molecule has 1 aliphatic rings. The molecular weight excluding hydrogens is 370 g/mol. The van der Waals surface area contributed by atoms with E-state index < -0.39 is 0 Å². The van der Waals surface area contributed by atoms with Crippen molar-refractivity contribution in [2.45, 2.75) is 31.7 Å². The van der Waals surface area contributed by atoms with Crippen LogP contribution in [0.5, 0.6) is 0 Å². The van der Waals surface area contributed by atoms with Gasteiger partial charge in [0.2, 0.25) is 5.91 Å². The summed E-state index contributed by atoms with van der Waals surface area (Å²) < 4.78 is 1.58. The van der Waals surface area contributed by atoms with Crippen molar-refractivity contribution in [2.24, 2.45) is 0 Å². The Labute approximate surface area is 168 Å². The molecule has 1 aromatic carbocycles. The third-order valence-electron chi connectivity index (χ3n) is 5.16.